The van der Waals surface area contributed by atoms with Gasteiger partial charge in [-0.1, -0.05) is 0 Å². The van der Waals surface area contributed by atoms with Crippen LogP contribution in [0.4, 0.5) is 5.82 Å². The van der Waals surface area contributed by atoms with Crippen LogP contribution in [-0.4, -0.2) is 53.3 Å². The molecule has 1 amide bonds. The Labute approximate surface area is 119 Å². The smallest absolute Gasteiger partial charge is 0.239 e. The van der Waals surface area contributed by atoms with Gasteiger partial charge in [0.1, 0.15) is 5.82 Å². The van der Waals surface area contributed by atoms with Gasteiger partial charge < -0.3 is 10.6 Å². The molecule has 3 rings (SSSR count). The van der Waals surface area contributed by atoms with Crippen molar-refractivity contribution < 1.29 is 4.79 Å². The van der Waals surface area contributed by atoms with Crippen LogP contribution >= 0.6 is 0 Å². The van der Waals surface area contributed by atoms with Gasteiger partial charge in [-0.2, -0.15) is 5.10 Å². The lowest BCUT2D eigenvalue weighted by Gasteiger charge is -2.17. The van der Waals surface area contributed by atoms with Gasteiger partial charge in [0.15, 0.2) is 0 Å². The number of hydrogen-bond acceptors (Lipinski definition) is 4. The Bertz CT molecular complexity index is 472. The van der Waals surface area contributed by atoms with Crippen molar-refractivity contribution in [1.82, 2.24) is 20.0 Å². The summed E-state index contributed by atoms with van der Waals surface area (Å²) in [6.45, 7) is 8.86. The van der Waals surface area contributed by atoms with Gasteiger partial charge in [0.25, 0.3) is 0 Å². The van der Waals surface area contributed by atoms with Crippen molar-refractivity contribution in [1.29, 1.82) is 0 Å². The molecule has 2 N–H and O–H groups in total. The third-order valence-electron chi connectivity index (χ3n) is 4.26. The molecule has 0 saturated carbocycles. The first-order chi connectivity index (χ1) is 9.63. The van der Waals surface area contributed by atoms with E-state index in [4.69, 9.17) is 0 Å². The fourth-order valence-corrected chi connectivity index (χ4v) is 3.29. The van der Waals surface area contributed by atoms with E-state index in [2.05, 4.69) is 34.5 Å². The van der Waals surface area contributed by atoms with E-state index in [9.17, 15) is 4.79 Å². The zero-order valence-corrected chi connectivity index (χ0v) is 12.2. The first kappa shape index (κ1) is 13.6. The minimum absolute atomic E-state index is 0.0559. The molecule has 1 aromatic rings. The van der Waals surface area contributed by atoms with E-state index in [1.165, 1.54) is 0 Å². The average Bonchev–Trinajstić information content (AvgIpc) is 3.03. The predicted molar refractivity (Wildman–Crippen MR) is 77.5 cm³/mol. The van der Waals surface area contributed by atoms with Gasteiger partial charge in [-0.25, -0.2) is 4.68 Å². The van der Waals surface area contributed by atoms with Crippen LogP contribution < -0.4 is 10.6 Å². The summed E-state index contributed by atoms with van der Waals surface area (Å²) in [5.74, 6) is 2.29. The van der Waals surface area contributed by atoms with Gasteiger partial charge in [-0.3, -0.25) is 9.69 Å². The lowest BCUT2D eigenvalue weighted by Crippen LogP contribution is -2.34. The number of fused-ring (bicyclic) bond motifs is 1. The van der Waals surface area contributed by atoms with Crippen molar-refractivity contribution >= 4 is 11.7 Å². The van der Waals surface area contributed by atoms with Crippen LogP contribution in [0.3, 0.4) is 0 Å². The fraction of sp³-hybridized carbons (Fsp3) is 0.714. The van der Waals surface area contributed by atoms with Gasteiger partial charge in [0.05, 0.1) is 12.7 Å². The van der Waals surface area contributed by atoms with Crippen molar-refractivity contribution in [3.63, 3.8) is 0 Å². The zero-order chi connectivity index (χ0) is 14.1. The summed E-state index contributed by atoms with van der Waals surface area (Å²) < 4.78 is 1.83. The second-order valence-electron chi connectivity index (χ2n) is 6.18. The highest BCUT2D eigenvalue weighted by molar-refractivity contribution is 5.91. The topological polar surface area (TPSA) is 62.2 Å². The molecule has 3 heterocycles. The summed E-state index contributed by atoms with van der Waals surface area (Å²) >= 11 is 0. The van der Waals surface area contributed by atoms with Crippen LogP contribution in [0.1, 0.15) is 19.9 Å². The van der Waals surface area contributed by atoms with Crippen LogP contribution in [0.5, 0.6) is 0 Å². The summed E-state index contributed by atoms with van der Waals surface area (Å²) in [5.41, 5.74) is 0. The number of likely N-dealkylation sites (tertiary alicyclic amines) is 1. The molecular weight excluding hydrogens is 254 g/mol. The Morgan fingerprint density at radius 3 is 2.80 bits per heavy atom. The van der Waals surface area contributed by atoms with E-state index >= 15 is 0 Å². The Morgan fingerprint density at radius 1 is 1.45 bits per heavy atom. The maximum absolute atomic E-state index is 12.2. The monoisotopic (exact) mass is 277 g/mol. The standard InChI is InChI=1S/C14H23N5O/c1-10(2)19-13(3-4-16-19)17-14(20)9-18-7-11-5-15-6-12(11)8-18/h3-4,10-12,15H,5-9H2,1-2H3,(H,17,20)/t11-,12+. The molecular formula is C14H23N5O. The van der Waals surface area contributed by atoms with Gasteiger partial charge >= 0.3 is 0 Å². The first-order valence-corrected chi connectivity index (χ1v) is 7.40. The molecule has 0 spiro atoms. The van der Waals surface area contributed by atoms with E-state index in [-0.39, 0.29) is 11.9 Å². The van der Waals surface area contributed by atoms with Crippen molar-refractivity contribution in [2.24, 2.45) is 11.8 Å². The maximum Gasteiger partial charge on any atom is 0.239 e. The van der Waals surface area contributed by atoms with Gasteiger partial charge in [-0.05, 0) is 38.8 Å². The van der Waals surface area contributed by atoms with Crippen LogP contribution in [0, 0.1) is 11.8 Å². The van der Waals surface area contributed by atoms with Gasteiger partial charge in [0, 0.05) is 25.2 Å². The molecule has 2 fully saturated rings. The molecule has 2 atom stereocenters. The maximum atomic E-state index is 12.2. The lowest BCUT2D eigenvalue weighted by molar-refractivity contribution is -0.117. The van der Waals surface area contributed by atoms with Crippen molar-refractivity contribution in [3.8, 4) is 0 Å². The van der Waals surface area contributed by atoms with E-state index in [1.54, 1.807) is 6.20 Å². The average molecular weight is 277 g/mol. The van der Waals surface area contributed by atoms with Gasteiger partial charge in [-0.15, -0.1) is 0 Å². The van der Waals surface area contributed by atoms with Crippen LogP contribution in [0.25, 0.3) is 0 Å². The number of nitrogens with one attached hydrogen (secondary N) is 2. The van der Waals surface area contributed by atoms with E-state index < -0.39 is 0 Å². The van der Waals surface area contributed by atoms with Crippen molar-refractivity contribution in [3.05, 3.63) is 12.3 Å². The molecule has 2 aliphatic rings. The molecule has 0 aliphatic carbocycles. The second kappa shape index (κ2) is 5.54. The van der Waals surface area contributed by atoms with E-state index in [0.717, 1.165) is 43.8 Å². The number of carbonyl (C=O) groups excluding carboxylic acids is 1. The zero-order valence-electron chi connectivity index (χ0n) is 12.2. The number of nitrogens with zero attached hydrogens (tertiary/aromatic N) is 3. The normalized spacial score (nSPS) is 26.1. The quantitative estimate of drug-likeness (QED) is 0.844. The summed E-state index contributed by atoms with van der Waals surface area (Å²) in [6, 6.07) is 2.10. The summed E-state index contributed by atoms with van der Waals surface area (Å²) in [7, 11) is 0. The van der Waals surface area contributed by atoms with Gasteiger partial charge in [0.2, 0.25) is 5.91 Å². The van der Waals surface area contributed by atoms with E-state index in [1.807, 2.05) is 10.7 Å². The number of aromatic nitrogens is 2. The minimum Gasteiger partial charge on any atom is -0.316 e. The molecule has 2 aliphatic heterocycles. The Hall–Kier alpha value is -1.40. The fourth-order valence-electron chi connectivity index (χ4n) is 3.29. The molecule has 0 unspecified atom stereocenters. The van der Waals surface area contributed by atoms with E-state index in [0.29, 0.717) is 6.54 Å². The summed E-state index contributed by atoms with van der Waals surface area (Å²) in [6.07, 6.45) is 1.72. The van der Waals surface area contributed by atoms with Crippen LogP contribution in [-0.2, 0) is 4.79 Å². The lowest BCUT2D eigenvalue weighted by atomic mass is 10.0. The third-order valence-corrected chi connectivity index (χ3v) is 4.26. The molecule has 0 aromatic carbocycles. The SMILES string of the molecule is CC(C)n1nccc1NC(=O)CN1C[C@H]2CNC[C@H]2C1. The molecule has 110 valence electrons. The largest absolute Gasteiger partial charge is 0.316 e. The highest BCUT2D eigenvalue weighted by atomic mass is 16.2. The minimum atomic E-state index is 0.0559. The Morgan fingerprint density at radius 2 is 2.15 bits per heavy atom. The Kier molecular flexibility index (Phi) is 3.76. The first-order valence-electron chi connectivity index (χ1n) is 7.40. The number of amides is 1. The second-order valence-corrected chi connectivity index (χ2v) is 6.18. The molecule has 2 saturated heterocycles. The van der Waals surface area contributed by atoms with Crippen molar-refractivity contribution in [2.45, 2.75) is 19.9 Å². The summed E-state index contributed by atoms with van der Waals surface area (Å²) in [4.78, 5) is 14.4. The Balaban J connectivity index is 1.54. The predicted octanol–water partition coefficient (Wildman–Crippen LogP) is 0.554. The highest BCUT2D eigenvalue weighted by Crippen LogP contribution is 2.25. The third kappa shape index (κ3) is 2.71. The molecule has 20 heavy (non-hydrogen) atoms. The number of hydrogen-bond donors (Lipinski definition) is 2. The molecule has 0 radical (unpaired) electrons. The number of rotatable bonds is 4. The highest BCUT2D eigenvalue weighted by Gasteiger charge is 2.36. The summed E-state index contributed by atoms with van der Waals surface area (Å²) in [5, 5.41) is 10.6. The van der Waals surface area contributed by atoms with Crippen molar-refractivity contribution in [2.75, 3.05) is 38.0 Å². The number of carbonyl (C=O) groups is 1. The van der Waals surface area contributed by atoms with Crippen LogP contribution in [0.15, 0.2) is 12.3 Å². The molecule has 0 bridgehead atoms. The molecule has 6 nitrogen and oxygen atoms in total. The number of anilines is 1. The van der Waals surface area contributed by atoms with Crippen LogP contribution in [0.2, 0.25) is 0 Å². The molecule has 6 heteroatoms. The molecule has 1 aromatic heterocycles.